The summed E-state index contributed by atoms with van der Waals surface area (Å²) in [5.41, 5.74) is 0. The van der Waals surface area contributed by atoms with Crippen LogP contribution < -0.4 is 5.32 Å². The fourth-order valence-corrected chi connectivity index (χ4v) is 2.14. The highest BCUT2D eigenvalue weighted by Gasteiger charge is 2.42. The SMILES string of the molecule is CCC[C@H](NC(=O)[C@@H](C)N1C(=O)C(Cl)=C(Cl)C1=O)C(=O)O. The number of carboxylic acid groups (broad SMARTS) is 1. The van der Waals surface area contributed by atoms with E-state index in [4.69, 9.17) is 28.3 Å². The van der Waals surface area contributed by atoms with Crippen LogP contribution in [0.2, 0.25) is 0 Å². The predicted octanol–water partition coefficient (Wildman–Crippen LogP) is 0.802. The molecular weight excluding hydrogens is 323 g/mol. The van der Waals surface area contributed by atoms with E-state index in [1.54, 1.807) is 6.92 Å². The van der Waals surface area contributed by atoms with Gasteiger partial charge in [-0.15, -0.1) is 0 Å². The van der Waals surface area contributed by atoms with Crippen molar-refractivity contribution in [3.05, 3.63) is 10.1 Å². The summed E-state index contributed by atoms with van der Waals surface area (Å²) in [4.78, 5) is 47.1. The van der Waals surface area contributed by atoms with Crippen molar-refractivity contribution < 1.29 is 24.3 Å². The maximum Gasteiger partial charge on any atom is 0.326 e. The van der Waals surface area contributed by atoms with Gasteiger partial charge in [-0.05, 0) is 13.3 Å². The summed E-state index contributed by atoms with van der Waals surface area (Å²) in [5.74, 6) is -3.72. The number of hydrogen-bond donors (Lipinski definition) is 2. The Morgan fingerprint density at radius 3 is 2.10 bits per heavy atom. The third kappa shape index (κ3) is 3.54. The van der Waals surface area contributed by atoms with Crippen LogP contribution in [0.3, 0.4) is 0 Å². The monoisotopic (exact) mass is 336 g/mol. The lowest BCUT2D eigenvalue weighted by Gasteiger charge is -2.23. The highest BCUT2D eigenvalue weighted by molar-refractivity contribution is 6.58. The molecule has 1 aliphatic rings. The third-order valence-corrected chi connectivity index (χ3v) is 3.76. The van der Waals surface area contributed by atoms with Gasteiger partial charge in [0.05, 0.1) is 0 Å². The number of carbonyl (C=O) groups excluding carboxylic acids is 3. The normalized spacial score (nSPS) is 18.0. The Morgan fingerprint density at radius 1 is 1.24 bits per heavy atom. The molecule has 1 rings (SSSR count). The first-order valence-electron chi connectivity index (χ1n) is 6.18. The number of rotatable bonds is 6. The van der Waals surface area contributed by atoms with Crippen molar-refractivity contribution in [3.8, 4) is 0 Å². The number of nitrogens with one attached hydrogen (secondary N) is 1. The molecule has 2 N–H and O–H groups in total. The summed E-state index contributed by atoms with van der Waals surface area (Å²) in [7, 11) is 0. The number of aliphatic carboxylic acids is 1. The van der Waals surface area contributed by atoms with Crippen LogP contribution in [0.4, 0.5) is 0 Å². The Balaban J connectivity index is 2.83. The van der Waals surface area contributed by atoms with Crippen molar-refractivity contribution in [3.63, 3.8) is 0 Å². The van der Waals surface area contributed by atoms with Gasteiger partial charge >= 0.3 is 5.97 Å². The third-order valence-electron chi connectivity index (χ3n) is 2.96. The second-order valence-electron chi connectivity index (χ2n) is 4.47. The Labute approximate surface area is 130 Å². The summed E-state index contributed by atoms with van der Waals surface area (Å²) in [6, 6.07) is -2.30. The van der Waals surface area contributed by atoms with Crippen LogP contribution in [0.15, 0.2) is 10.1 Å². The molecule has 0 spiro atoms. The van der Waals surface area contributed by atoms with E-state index in [1.165, 1.54) is 6.92 Å². The smallest absolute Gasteiger partial charge is 0.326 e. The molecule has 0 radical (unpaired) electrons. The van der Waals surface area contributed by atoms with Gasteiger partial charge in [0.1, 0.15) is 22.1 Å². The largest absolute Gasteiger partial charge is 0.480 e. The van der Waals surface area contributed by atoms with Gasteiger partial charge in [0, 0.05) is 0 Å². The molecule has 2 atom stereocenters. The van der Waals surface area contributed by atoms with Gasteiger partial charge in [0.25, 0.3) is 11.8 Å². The van der Waals surface area contributed by atoms with Gasteiger partial charge in [-0.2, -0.15) is 0 Å². The molecule has 0 fully saturated rings. The quantitative estimate of drug-likeness (QED) is 0.698. The number of halogens is 2. The molecule has 21 heavy (non-hydrogen) atoms. The molecule has 0 bridgehead atoms. The molecule has 0 aromatic rings. The van der Waals surface area contributed by atoms with Gasteiger partial charge < -0.3 is 10.4 Å². The van der Waals surface area contributed by atoms with E-state index < -0.39 is 45.8 Å². The van der Waals surface area contributed by atoms with E-state index in [0.717, 1.165) is 0 Å². The Kier molecular flexibility index (Phi) is 5.74. The average molecular weight is 337 g/mol. The van der Waals surface area contributed by atoms with E-state index in [0.29, 0.717) is 11.3 Å². The van der Waals surface area contributed by atoms with Crippen molar-refractivity contribution in [1.82, 2.24) is 10.2 Å². The first-order chi connectivity index (χ1) is 9.72. The first-order valence-corrected chi connectivity index (χ1v) is 6.94. The molecule has 1 aliphatic heterocycles. The minimum atomic E-state index is -1.21. The highest BCUT2D eigenvalue weighted by atomic mass is 35.5. The minimum Gasteiger partial charge on any atom is -0.480 e. The van der Waals surface area contributed by atoms with Crippen LogP contribution in [-0.2, 0) is 19.2 Å². The van der Waals surface area contributed by atoms with E-state index in [9.17, 15) is 19.2 Å². The van der Waals surface area contributed by atoms with Crippen molar-refractivity contribution in [2.45, 2.75) is 38.8 Å². The summed E-state index contributed by atoms with van der Waals surface area (Å²) in [5, 5.41) is 10.3. The fourth-order valence-electron chi connectivity index (χ4n) is 1.80. The number of amides is 3. The maximum absolute atomic E-state index is 12.0. The Hall–Kier alpha value is -1.60. The molecule has 116 valence electrons. The Morgan fingerprint density at radius 2 is 1.71 bits per heavy atom. The van der Waals surface area contributed by atoms with Crippen molar-refractivity contribution in [1.29, 1.82) is 0 Å². The molecule has 0 unspecified atom stereocenters. The van der Waals surface area contributed by atoms with Crippen LogP contribution in [0, 0.1) is 0 Å². The first kappa shape index (κ1) is 17.5. The number of nitrogens with zero attached hydrogens (tertiary/aromatic N) is 1. The molecule has 1 heterocycles. The van der Waals surface area contributed by atoms with E-state index in [2.05, 4.69) is 5.32 Å². The van der Waals surface area contributed by atoms with Crippen LogP contribution >= 0.6 is 23.2 Å². The van der Waals surface area contributed by atoms with Crippen LogP contribution in [-0.4, -0.2) is 45.8 Å². The molecule has 0 aliphatic carbocycles. The zero-order valence-electron chi connectivity index (χ0n) is 11.4. The molecular formula is C12H14Cl2N2O5. The number of carboxylic acids is 1. The lowest BCUT2D eigenvalue weighted by atomic mass is 10.1. The van der Waals surface area contributed by atoms with Crippen molar-refractivity contribution in [2.24, 2.45) is 0 Å². The topological polar surface area (TPSA) is 104 Å². The Bertz CT molecular complexity index is 508. The standard InChI is InChI=1S/C12H14Cl2N2O5/c1-3-4-6(12(20)21)15-9(17)5(2)16-10(18)7(13)8(14)11(16)19/h5-6H,3-4H2,1-2H3,(H,15,17)(H,20,21)/t5-,6+/m1/s1. The van der Waals surface area contributed by atoms with Crippen molar-refractivity contribution >= 4 is 46.9 Å². The van der Waals surface area contributed by atoms with E-state index in [-0.39, 0.29) is 6.42 Å². The summed E-state index contributed by atoms with van der Waals surface area (Å²) >= 11 is 11.1. The van der Waals surface area contributed by atoms with Crippen LogP contribution in [0.5, 0.6) is 0 Å². The fraction of sp³-hybridized carbons (Fsp3) is 0.500. The second kappa shape index (κ2) is 6.91. The van der Waals surface area contributed by atoms with E-state index in [1.807, 2.05) is 0 Å². The molecule has 9 heteroatoms. The number of hydrogen-bond acceptors (Lipinski definition) is 4. The molecule has 7 nitrogen and oxygen atoms in total. The summed E-state index contributed by atoms with van der Waals surface area (Å²) in [6.07, 6.45) is 0.780. The van der Waals surface area contributed by atoms with E-state index >= 15 is 0 Å². The average Bonchev–Trinajstić information content (AvgIpc) is 2.61. The lowest BCUT2D eigenvalue weighted by molar-refractivity contribution is -0.146. The van der Waals surface area contributed by atoms with Gasteiger partial charge in [0.2, 0.25) is 5.91 Å². The summed E-state index contributed by atoms with van der Waals surface area (Å²) in [6.45, 7) is 3.05. The lowest BCUT2D eigenvalue weighted by Crippen LogP contribution is -2.52. The van der Waals surface area contributed by atoms with Gasteiger partial charge in [-0.1, -0.05) is 36.5 Å². The molecule has 0 aromatic carbocycles. The van der Waals surface area contributed by atoms with Crippen LogP contribution in [0.25, 0.3) is 0 Å². The number of carbonyl (C=O) groups is 4. The predicted molar refractivity (Wildman–Crippen MR) is 74.5 cm³/mol. The van der Waals surface area contributed by atoms with Gasteiger partial charge in [-0.3, -0.25) is 19.3 Å². The zero-order chi connectivity index (χ0) is 16.3. The zero-order valence-corrected chi connectivity index (χ0v) is 12.9. The molecule has 0 saturated heterocycles. The van der Waals surface area contributed by atoms with Gasteiger partial charge in [0.15, 0.2) is 0 Å². The minimum absolute atomic E-state index is 0.232. The number of imide groups is 1. The second-order valence-corrected chi connectivity index (χ2v) is 5.23. The van der Waals surface area contributed by atoms with Crippen molar-refractivity contribution in [2.75, 3.05) is 0 Å². The molecule has 0 saturated carbocycles. The molecule has 3 amide bonds. The highest BCUT2D eigenvalue weighted by Crippen LogP contribution is 2.28. The van der Waals surface area contributed by atoms with Crippen LogP contribution in [0.1, 0.15) is 26.7 Å². The molecule has 0 aromatic heterocycles. The van der Waals surface area contributed by atoms with Gasteiger partial charge in [-0.25, -0.2) is 4.79 Å². The summed E-state index contributed by atoms with van der Waals surface area (Å²) < 4.78 is 0. The maximum atomic E-state index is 12.0.